The molecule has 1 aromatic heterocycles. The SMILES string of the molecule is COc1cc([N+](=O)[O-])c(OC)cn1. The van der Waals surface area contributed by atoms with Crippen LogP contribution in [0, 0.1) is 10.1 Å². The molecule has 0 amide bonds. The molecule has 0 aromatic carbocycles. The number of nitrogens with zero attached hydrogens (tertiary/aromatic N) is 2. The van der Waals surface area contributed by atoms with Gasteiger partial charge in [-0.2, -0.15) is 0 Å². The van der Waals surface area contributed by atoms with Gasteiger partial charge in [-0.15, -0.1) is 0 Å². The Morgan fingerprint density at radius 2 is 2.15 bits per heavy atom. The van der Waals surface area contributed by atoms with Crippen LogP contribution in [0.15, 0.2) is 12.3 Å². The van der Waals surface area contributed by atoms with Gasteiger partial charge in [-0.25, -0.2) is 4.98 Å². The van der Waals surface area contributed by atoms with E-state index in [-0.39, 0.29) is 17.3 Å². The summed E-state index contributed by atoms with van der Waals surface area (Å²) >= 11 is 0. The van der Waals surface area contributed by atoms with Crippen LogP contribution in [0.1, 0.15) is 0 Å². The van der Waals surface area contributed by atoms with E-state index < -0.39 is 4.92 Å². The molecule has 1 rings (SSSR count). The highest BCUT2D eigenvalue weighted by Crippen LogP contribution is 2.28. The zero-order valence-electron chi connectivity index (χ0n) is 7.18. The normalized spacial score (nSPS) is 9.38. The van der Waals surface area contributed by atoms with E-state index in [1.165, 1.54) is 26.5 Å². The van der Waals surface area contributed by atoms with Gasteiger partial charge in [-0.3, -0.25) is 10.1 Å². The number of ether oxygens (including phenoxy) is 2. The standard InChI is InChI=1S/C7H8N2O4/c1-12-6-4-8-7(13-2)3-5(6)9(10)11/h3-4H,1-2H3. The molecule has 1 heterocycles. The Balaban J connectivity index is 3.18. The molecule has 0 aliphatic carbocycles. The third kappa shape index (κ3) is 1.84. The monoisotopic (exact) mass is 184 g/mol. The summed E-state index contributed by atoms with van der Waals surface area (Å²) in [6.07, 6.45) is 1.25. The van der Waals surface area contributed by atoms with Gasteiger partial charge in [0.2, 0.25) is 11.6 Å². The Morgan fingerprint density at radius 3 is 2.62 bits per heavy atom. The molecule has 1 aromatic rings. The number of methoxy groups -OCH3 is 2. The molecule has 6 nitrogen and oxygen atoms in total. The van der Waals surface area contributed by atoms with Crippen molar-refractivity contribution in [3.63, 3.8) is 0 Å². The maximum atomic E-state index is 10.5. The Hall–Kier alpha value is -1.85. The van der Waals surface area contributed by atoms with Gasteiger partial charge in [0.05, 0.1) is 31.4 Å². The Bertz CT molecular complexity index is 326. The van der Waals surface area contributed by atoms with Gasteiger partial charge in [0.25, 0.3) is 0 Å². The lowest BCUT2D eigenvalue weighted by Crippen LogP contribution is -1.96. The van der Waals surface area contributed by atoms with E-state index in [4.69, 9.17) is 9.47 Å². The molecule has 0 N–H and O–H groups in total. The smallest absolute Gasteiger partial charge is 0.317 e. The van der Waals surface area contributed by atoms with Crippen molar-refractivity contribution in [1.82, 2.24) is 4.98 Å². The lowest BCUT2D eigenvalue weighted by molar-refractivity contribution is -0.385. The van der Waals surface area contributed by atoms with Crippen molar-refractivity contribution in [2.24, 2.45) is 0 Å². The summed E-state index contributed by atoms with van der Waals surface area (Å²) in [5.41, 5.74) is -0.158. The highest BCUT2D eigenvalue weighted by molar-refractivity contribution is 5.46. The van der Waals surface area contributed by atoms with Crippen LogP contribution in [0.5, 0.6) is 11.6 Å². The van der Waals surface area contributed by atoms with Gasteiger partial charge in [0, 0.05) is 0 Å². The van der Waals surface area contributed by atoms with E-state index in [1.54, 1.807) is 0 Å². The first-order valence-corrected chi connectivity index (χ1v) is 3.41. The van der Waals surface area contributed by atoms with Crippen molar-refractivity contribution in [3.05, 3.63) is 22.4 Å². The van der Waals surface area contributed by atoms with Gasteiger partial charge >= 0.3 is 5.69 Å². The van der Waals surface area contributed by atoms with Crippen LogP contribution in [-0.2, 0) is 0 Å². The van der Waals surface area contributed by atoms with Crippen LogP contribution < -0.4 is 9.47 Å². The second-order valence-electron chi connectivity index (χ2n) is 2.16. The van der Waals surface area contributed by atoms with Crippen LogP contribution in [0.25, 0.3) is 0 Å². The summed E-state index contributed by atoms with van der Waals surface area (Å²) in [5, 5.41) is 10.5. The fraction of sp³-hybridized carbons (Fsp3) is 0.286. The lowest BCUT2D eigenvalue weighted by atomic mass is 10.4. The number of hydrogen-bond acceptors (Lipinski definition) is 5. The van der Waals surface area contributed by atoms with Gasteiger partial charge < -0.3 is 9.47 Å². The summed E-state index contributed by atoms with van der Waals surface area (Å²) in [5.74, 6) is 0.304. The highest BCUT2D eigenvalue weighted by atomic mass is 16.6. The predicted octanol–water partition coefficient (Wildman–Crippen LogP) is 1.01. The third-order valence-corrected chi connectivity index (χ3v) is 1.45. The largest absolute Gasteiger partial charge is 0.489 e. The quantitative estimate of drug-likeness (QED) is 0.517. The van der Waals surface area contributed by atoms with Gasteiger partial charge in [0.15, 0.2) is 0 Å². The van der Waals surface area contributed by atoms with Crippen LogP contribution in [0.3, 0.4) is 0 Å². The van der Waals surface area contributed by atoms with Crippen molar-refractivity contribution in [3.8, 4) is 11.6 Å². The first-order valence-electron chi connectivity index (χ1n) is 3.41. The molecule has 0 fully saturated rings. The summed E-state index contributed by atoms with van der Waals surface area (Å²) in [4.78, 5) is 13.7. The summed E-state index contributed by atoms with van der Waals surface area (Å²) < 4.78 is 9.48. The van der Waals surface area contributed by atoms with E-state index in [0.717, 1.165) is 0 Å². The number of aromatic nitrogens is 1. The van der Waals surface area contributed by atoms with Crippen molar-refractivity contribution >= 4 is 5.69 Å². The number of rotatable bonds is 3. The Labute approximate surface area is 74.3 Å². The van der Waals surface area contributed by atoms with Gasteiger partial charge in [0.1, 0.15) is 0 Å². The molecule has 0 spiro atoms. The molecule has 0 radical (unpaired) electrons. The molecule has 0 saturated carbocycles. The molecule has 70 valence electrons. The summed E-state index contributed by atoms with van der Waals surface area (Å²) in [6.45, 7) is 0. The van der Waals surface area contributed by atoms with Crippen LogP contribution in [0.4, 0.5) is 5.69 Å². The van der Waals surface area contributed by atoms with E-state index in [9.17, 15) is 10.1 Å². The number of hydrogen-bond donors (Lipinski definition) is 0. The maximum Gasteiger partial charge on any atom is 0.317 e. The van der Waals surface area contributed by atoms with Crippen molar-refractivity contribution in [1.29, 1.82) is 0 Å². The molecule has 0 aliphatic rings. The number of nitro groups is 1. The zero-order chi connectivity index (χ0) is 9.84. The molecule has 0 unspecified atom stereocenters. The van der Waals surface area contributed by atoms with E-state index >= 15 is 0 Å². The van der Waals surface area contributed by atoms with Gasteiger partial charge in [-0.05, 0) is 0 Å². The lowest BCUT2D eigenvalue weighted by Gasteiger charge is -2.02. The first-order chi connectivity index (χ1) is 6.19. The summed E-state index contributed by atoms with van der Waals surface area (Å²) in [6, 6.07) is 1.21. The van der Waals surface area contributed by atoms with Crippen molar-refractivity contribution in [2.45, 2.75) is 0 Å². The molecule has 13 heavy (non-hydrogen) atoms. The minimum Gasteiger partial charge on any atom is -0.489 e. The highest BCUT2D eigenvalue weighted by Gasteiger charge is 2.16. The average molecular weight is 184 g/mol. The molecule has 0 saturated heterocycles. The fourth-order valence-electron chi connectivity index (χ4n) is 0.825. The molecule has 0 bridgehead atoms. The van der Waals surface area contributed by atoms with E-state index in [1.807, 2.05) is 0 Å². The first kappa shape index (κ1) is 9.24. The topological polar surface area (TPSA) is 74.5 Å². The molecular weight excluding hydrogens is 176 g/mol. The Kier molecular flexibility index (Phi) is 2.63. The molecule has 6 heteroatoms. The van der Waals surface area contributed by atoms with E-state index in [2.05, 4.69) is 4.98 Å². The Morgan fingerprint density at radius 1 is 1.46 bits per heavy atom. The van der Waals surface area contributed by atoms with Crippen LogP contribution in [-0.4, -0.2) is 24.1 Å². The van der Waals surface area contributed by atoms with E-state index in [0.29, 0.717) is 0 Å². The van der Waals surface area contributed by atoms with Gasteiger partial charge in [-0.1, -0.05) is 0 Å². The molecular formula is C7H8N2O4. The van der Waals surface area contributed by atoms with Crippen molar-refractivity contribution in [2.75, 3.05) is 14.2 Å². The second kappa shape index (κ2) is 3.70. The minimum absolute atomic E-state index is 0.116. The maximum absolute atomic E-state index is 10.5. The zero-order valence-corrected chi connectivity index (χ0v) is 7.18. The predicted molar refractivity (Wildman–Crippen MR) is 44.0 cm³/mol. The van der Waals surface area contributed by atoms with Crippen molar-refractivity contribution < 1.29 is 14.4 Å². The van der Waals surface area contributed by atoms with Crippen LogP contribution >= 0.6 is 0 Å². The second-order valence-corrected chi connectivity index (χ2v) is 2.16. The van der Waals surface area contributed by atoms with Crippen LogP contribution in [0.2, 0.25) is 0 Å². The average Bonchev–Trinajstić information content (AvgIpc) is 2.16. The molecule has 0 aliphatic heterocycles. The minimum atomic E-state index is -0.553. The molecule has 0 atom stereocenters. The summed E-state index contributed by atoms with van der Waals surface area (Å²) in [7, 11) is 2.73. The number of pyridine rings is 1. The fourth-order valence-corrected chi connectivity index (χ4v) is 0.825. The third-order valence-electron chi connectivity index (χ3n) is 1.45.